The first-order valence-electron chi connectivity index (χ1n) is 6.03. The van der Waals surface area contributed by atoms with Gasteiger partial charge < -0.3 is 0 Å². The Morgan fingerprint density at radius 2 is 2.17 bits per heavy atom. The summed E-state index contributed by atoms with van der Waals surface area (Å²) in [5.74, 6) is 0. The first kappa shape index (κ1) is 11.6. The normalized spacial score (nSPS) is 15.3. The molecular formula is C12H15ClN4O. The van der Waals surface area contributed by atoms with Crippen molar-refractivity contribution in [2.75, 3.05) is 0 Å². The van der Waals surface area contributed by atoms with Crippen molar-refractivity contribution in [3.05, 3.63) is 39.3 Å². The second kappa shape index (κ2) is 4.02. The topological polar surface area (TPSA) is 44.8 Å². The van der Waals surface area contributed by atoms with Crippen molar-refractivity contribution in [3.63, 3.8) is 0 Å². The van der Waals surface area contributed by atoms with Crippen molar-refractivity contribution >= 4 is 11.6 Å². The van der Waals surface area contributed by atoms with Crippen molar-refractivity contribution in [3.8, 4) is 0 Å². The van der Waals surface area contributed by atoms with E-state index < -0.39 is 0 Å². The lowest BCUT2D eigenvalue weighted by atomic mass is 10.2. The molecule has 0 saturated heterocycles. The lowest BCUT2D eigenvalue weighted by molar-refractivity contribution is 0.655. The van der Waals surface area contributed by atoms with Gasteiger partial charge in [0, 0.05) is 31.0 Å². The van der Waals surface area contributed by atoms with Crippen molar-refractivity contribution in [1.29, 1.82) is 0 Å². The number of hydrogen-bond donors (Lipinski definition) is 0. The lowest BCUT2D eigenvalue weighted by Gasteiger charge is -2.02. The summed E-state index contributed by atoms with van der Waals surface area (Å²) in [6.07, 6.45) is 5.90. The van der Waals surface area contributed by atoms with Crippen LogP contribution >= 0.6 is 11.6 Å². The number of imidazole rings is 1. The molecule has 0 radical (unpaired) electrons. The number of halogens is 1. The predicted molar refractivity (Wildman–Crippen MR) is 69.0 cm³/mol. The Morgan fingerprint density at radius 1 is 1.44 bits per heavy atom. The number of aryl methyl sites for hydroxylation is 2. The van der Waals surface area contributed by atoms with Crippen molar-refractivity contribution < 1.29 is 0 Å². The molecule has 96 valence electrons. The fourth-order valence-corrected chi connectivity index (χ4v) is 2.44. The van der Waals surface area contributed by atoms with E-state index in [1.54, 1.807) is 20.9 Å². The van der Waals surface area contributed by atoms with E-state index in [0.29, 0.717) is 17.7 Å². The minimum absolute atomic E-state index is 0.0387. The largest absolute Gasteiger partial charge is 0.328 e. The molecule has 5 nitrogen and oxygen atoms in total. The Bertz CT molecular complexity index is 648. The van der Waals surface area contributed by atoms with Crippen LogP contribution in [0.2, 0.25) is 5.15 Å². The predicted octanol–water partition coefficient (Wildman–Crippen LogP) is 1.73. The molecule has 3 rings (SSSR count). The molecule has 0 aromatic carbocycles. The van der Waals surface area contributed by atoms with Crippen LogP contribution in [0.25, 0.3) is 0 Å². The lowest BCUT2D eigenvalue weighted by Crippen LogP contribution is -2.24. The Labute approximate surface area is 110 Å². The standard InChI is InChI=1S/C12H15ClN4O/c1-8-10(11(13)15(2)14-8)7-16-5-6-17(12(16)18)9-3-4-9/h5-6,9H,3-4,7H2,1-2H3. The summed E-state index contributed by atoms with van der Waals surface area (Å²) >= 11 is 6.18. The molecule has 0 N–H and O–H groups in total. The summed E-state index contributed by atoms with van der Waals surface area (Å²) in [5, 5.41) is 4.85. The molecule has 0 unspecified atom stereocenters. The second-order valence-electron chi connectivity index (χ2n) is 4.83. The zero-order valence-electron chi connectivity index (χ0n) is 10.4. The average molecular weight is 267 g/mol. The molecule has 6 heteroatoms. The van der Waals surface area contributed by atoms with Crippen LogP contribution in [0, 0.1) is 6.92 Å². The molecule has 2 aromatic rings. The fraction of sp³-hybridized carbons (Fsp3) is 0.500. The summed E-state index contributed by atoms with van der Waals surface area (Å²) < 4.78 is 5.13. The monoisotopic (exact) mass is 266 g/mol. The SMILES string of the molecule is Cc1nn(C)c(Cl)c1Cn1ccn(C2CC2)c1=O. The maximum atomic E-state index is 12.1. The quantitative estimate of drug-likeness (QED) is 0.849. The first-order valence-corrected chi connectivity index (χ1v) is 6.41. The summed E-state index contributed by atoms with van der Waals surface area (Å²) in [4.78, 5) is 12.1. The van der Waals surface area contributed by atoms with Crippen molar-refractivity contribution in [2.24, 2.45) is 7.05 Å². The van der Waals surface area contributed by atoms with Gasteiger partial charge in [-0.25, -0.2) is 4.79 Å². The van der Waals surface area contributed by atoms with Gasteiger partial charge in [0.2, 0.25) is 0 Å². The number of nitrogens with zero attached hydrogens (tertiary/aromatic N) is 4. The van der Waals surface area contributed by atoms with E-state index in [-0.39, 0.29) is 5.69 Å². The fourth-order valence-electron chi connectivity index (χ4n) is 2.20. The first-order chi connectivity index (χ1) is 8.58. The molecule has 0 aliphatic heterocycles. The molecule has 0 amide bonds. The van der Waals surface area contributed by atoms with Crippen molar-refractivity contribution in [2.45, 2.75) is 32.4 Å². The minimum atomic E-state index is 0.0387. The third-order valence-electron chi connectivity index (χ3n) is 3.41. The molecular weight excluding hydrogens is 252 g/mol. The molecule has 2 aromatic heterocycles. The molecule has 2 heterocycles. The highest BCUT2D eigenvalue weighted by atomic mass is 35.5. The van der Waals surface area contributed by atoms with E-state index >= 15 is 0 Å². The maximum absolute atomic E-state index is 12.1. The number of rotatable bonds is 3. The van der Waals surface area contributed by atoms with E-state index in [2.05, 4.69) is 5.10 Å². The average Bonchev–Trinajstić information content (AvgIpc) is 3.06. The summed E-state index contributed by atoms with van der Waals surface area (Å²) in [7, 11) is 1.80. The van der Waals surface area contributed by atoms with Gasteiger partial charge in [-0.2, -0.15) is 5.10 Å². The van der Waals surface area contributed by atoms with E-state index in [4.69, 9.17) is 11.6 Å². The Hall–Kier alpha value is -1.49. The smallest absolute Gasteiger partial charge is 0.296 e. The zero-order valence-corrected chi connectivity index (χ0v) is 11.2. The van der Waals surface area contributed by atoms with Gasteiger partial charge in [-0.05, 0) is 19.8 Å². The third kappa shape index (κ3) is 1.79. The summed E-state index contributed by atoms with van der Waals surface area (Å²) in [6, 6.07) is 0.407. The molecule has 0 atom stereocenters. The van der Waals surface area contributed by atoms with Crippen LogP contribution in [0.15, 0.2) is 17.2 Å². The van der Waals surface area contributed by atoms with Gasteiger partial charge in [-0.3, -0.25) is 13.8 Å². The molecule has 1 aliphatic carbocycles. The van der Waals surface area contributed by atoms with Gasteiger partial charge in [0.25, 0.3) is 0 Å². The van der Waals surface area contributed by atoms with Crippen LogP contribution in [0.5, 0.6) is 0 Å². The second-order valence-corrected chi connectivity index (χ2v) is 5.18. The Kier molecular flexibility index (Phi) is 2.59. The van der Waals surface area contributed by atoms with Gasteiger partial charge >= 0.3 is 5.69 Å². The number of aromatic nitrogens is 4. The van der Waals surface area contributed by atoms with Gasteiger partial charge in [0.15, 0.2) is 0 Å². The van der Waals surface area contributed by atoms with Crippen LogP contribution in [0.4, 0.5) is 0 Å². The Morgan fingerprint density at radius 3 is 2.72 bits per heavy atom. The molecule has 0 spiro atoms. The minimum Gasteiger partial charge on any atom is -0.296 e. The van der Waals surface area contributed by atoms with Crippen molar-refractivity contribution in [1.82, 2.24) is 18.9 Å². The van der Waals surface area contributed by atoms with Crippen LogP contribution in [0.3, 0.4) is 0 Å². The van der Waals surface area contributed by atoms with Crippen LogP contribution < -0.4 is 5.69 Å². The highest BCUT2D eigenvalue weighted by molar-refractivity contribution is 6.30. The summed E-state index contributed by atoms with van der Waals surface area (Å²) in [5.41, 5.74) is 1.82. The third-order valence-corrected chi connectivity index (χ3v) is 3.89. The van der Waals surface area contributed by atoms with E-state index in [9.17, 15) is 4.79 Å². The molecule has 1 fully saturated rings. The van der Waals surface area contributed by atoms with E-state index in [1.807, 2.05) is 19.3 Å². The zero-order chi connectivity index (χ0) is 12.9. The highest BCUT2D eigenvalue weighted by Crippen LogP contribution is 2.33. The van der Waals surface area contributed by atoms with Crippen LogP contribution in [0.1, 0.15) is 30.1 Å². The number of hydrogen-bond acceptors (Lipinski definition) is 2. The van der Waals surface area contributed by atoms with E-state index in [1.165, 1.54) is 0 Å². The molecule has 0 bridgehead atoms. The molecule has 1 aliphatic rings. The van der Waals surface area contributed by atoms with E-state index in [0.717, 1.165) is 24.1 Å². The molecule has 1 saturated carbocycles. The van der Waals surface area contributed by atoms with Crippen LogP contribution in [-0.4, -0.2) is 18.9 Å². The van der Waals surface area contributed by atoms with Crippen LogP contribution in [-0.2, 0) is 13.6 Å². The van der Waals surface area contributed by atoms with Gasteiger partial charge in [-0.1, -0.05) is 11.6 Å². The Balaban J connectivity index is 1.95. The van der Waals surface area contributed by atoms with Gasteiger partial charge in [0.05, 0.1) is 12.2 Å². The summed E-state index contributed by atoms with van der Waals surface area (Å²) in [6.45, 7) is 2.39. The molecule has 18 heavy (non-hydrogen) atoms. The maximum Gasteiger partial charge on any atom is 0.328 e. The van der Waals surface area contributed by atoms with Gasteiger partial charge in [0.1, 0.15) is 5.15 Å². The highest BCUT2D eigenvalue weighted by Gasteiger charge is 2.25. The van der Waals surface area contributed by atoms with Gasteiger partial charge in [-0.15, -0.1) is 0 Å².